The van der Waals surface area contributed by atoms with Crippen molar-refractivity contribution in [1.29, 1.82) is 0 Å². The topological polar surface area (TPSA) is 91.4 Å². The molecular weight excluding hydrogens is 515 g/mol. The van der Waals surface area contributed by atoms with E-state index in [1.807, 2.05) is 17.8 Å². The first-order chi connectivity index (χ1) is 17.0. The van der Waals surface area contributed by atoms with Gasteiger partial charge in [0.15, 0.2) is 0 Å². The number of hydrogen-bond acceptors (Lipinski definition) is 7. The van der Waals surface area contributed by atoms with Gasteiger partial charge in [-0.2, -0.15) is 5.10 Å². The Morgan fingerprint density at radius 2 is 2.00 bits per heavy atom. The molecule has 0 spiro atoms. The summed E-state index contributed by atoms with van der Waals surface area (Å²) in [5.74, 6) is -1.17. The Labute approximate surface area is 217 Å². The molecule has 1 aliphatic rings. The van der Waals surface area contributed by atoms with E-state index in [0.717, 1.165) is 49.5 Å². The Morgan fingerprint density at radius 1 is 1.22 bits per heavy atom. The Bertz CT molecular complexity index is 1360. The molecule has 1 unspecified atom stereocenters. The van der Waals surface area contributed by atoms with Crippen LogP contribution in [-0.4, -0.2) is 56.4 Å². The van der Waals surface area contributed by atoms with Crippen LogP contribution in [0.15, 0.2) is 30.7 Å². The Hall–Kier alpha value is -2.86. The number of hydrogen-bond donors (Lipinski definition) is 1. The predicted molar refractivity (Wildman–Crippen MR) is 132 cm³/mol. The molecule has 0 saturated carbocycles. The van der Waals surface area contributed by atoms with Crippen LogP contribution in [-0.2, 0) is 4.74 Å². The third-order valence-corrected chi connectivity index (χ3v) is 6.48. The molecule has 1 saturated heterocycles. The van der Waals surface area contributed by atoms with Crippen molar-refractivity contribution in [2.45, 2.75) is 31.9 Å². The molecule has 13 heteroatoms. The van der Waals surface area contributed by atoms with Crippen molar-refractivity contribution in [2.75, 3.05) is 26.8 Å². The van der Waals surface area contributed by atoms with Crippen molar-refractivity contribution < 1.29 is 18.3 Å². The first-order valence-electron chi connectivity index (χ1n) is 11.2. The van der Waals surface area contributed by atoms with Crippen LogP contribution in [0.4, 0.5) is 8.78 Å². The second kappa shape index (κ2) is 11.0. The van der Waals surface area contributed by atoms with E-state index in [-0.39, 0.29) is 30.7 Å². The lowest BCUT2D eigenvalue weighted by Crippen LogP contribution is -2.30. The van der Waals surface area contributed by atoms with Crippen LogP contribution in [0.5, 0.6) is 5.75 Å². The average molecular weight is 540 g/mol. The second-order valence-corrected chi connectivity index (χ2v) is 8.79. The summed E-state index contributed by atoms with van der Waals surface area (Å²) in [6.45, 7) is 3.79. The van der Waals surface area contributed by atoms with E-state index in [9.17, 15) is 8.78 Å². The molecule has 0 bridgehead atoms. The standard InChI is InChI=1S/C23H24ClF2N7O2.ClH/c1-13-21(30-31-33(13)16-3-5-27-6-4-16)14-7-19(23-17(24)10-29-32(23)11-14)35-12-20(34-2)22-18(26)8-15(25)9-28-22;/h7-11,16,20,27H,3-6,12H2,1-2H3;1H. The minimum atomic E-state index is -0.872. The van der Waals surface area contributed by atoms with Gasteiger partial charge in [-0.1, -0.05) is 16.8 Å². The summed E-state index contributed by atoms with van der Waals surface area (Å²) in [5.41, 5.74) is 2.87. The van der Waals surface area contributed by atoms with Gasteiger partial charge < -0.3 is 14.8 Å². The van der Waals surface area contributed by atoms with Crippen molar-refractivity contribution in [3.8, 4) is 17.0 Å². The van der Waals surface area contributed by atoms with Crippen molar-refractivity contribution >= 4 is 29.5 Å². The molecule has 4 aromatic heterocycles. The third kappa shape index (κ3) is 5.01. The molecule has 4 aromatic rings. The molecule has 36 heavy (non-hydrogen) atoms. The van der Waals surface area contributed by atoms with Gasteiger partial charge in [0.05, 0.1) is 29.2 Å². The van der Waals surface area contributed by atoms with E-state index in [2.05, 4.69) is 25.7 Å². The molecule has 0 aromatic carbocycles. The van der Waals surface area contributed by atoms with Crippen molar-refractivity contribution in [2.24, 2.45) is 0 Å². The molecule has 1 aliphatic heterocycles. The summed E-state index contributed by atoms with van der Waals surface area (Å²) >= 11 is 6.38. The first-order valence-corrected chi connectivity index (χ1v) is 11.6. The fourth-order valence-corrected chi connectivity index (χ4v) is 4.60. The molecule has 5 heterocycles. The number of ether oxygens (including phenoxy) is 2. The lowest BCUT2D eigenvalue weighted by molar-refractivity contribution is 0.0520. The number of nitrogens with one attached hydrogen (secondary N) is 1. The predicted octanol–water partition coefficient (Wildman–Crippen LogP) is 4.34. The molecule has 9 nitrogen and oxygen atoms in total. The zero-order valence-electron chi connectivity index (χ0n) is 19.6. The minimum absolute atomic E-state index is 0. The number of aromatic nitrogens is 6. The quantitative estimate of drug-likeness (QED) is 0.373. The molecular formula is C23H25Cl2F2N7O2. The highest BCUT2D eigenvalue weighted by Crippen LogP contribution is 2.34. The Morgan fingerprint density at radius 3 is 2.72 bits per heavy atom. The average Bonchev–Trinajstić information content (AvgIpc) is 3.43. The van der Waals surface area contributed by atoms with Gasteiger partial charge in [0, 0.05) is 24.9 Å². The van der Waals surface area contributed by atoms with Gasteiger partial charge in [-0.15, -0.1) is 17.5 Å². The van der Waals surface area contributed by atoms with Crippen molar-refractivity contribution in [1.82, 2.24) is 34.9 Å². The van der Waals surface area contributed by atoms with Gasteiger partial charge in [0.2, 0.25) is 0 Å². The van der Waals surface area contributed by atoms with Crippen LogP contribution in [0.3, 0.4) is 0 Å². The number of methoxy groups -OCH3 is 1. The lowest BCUT2D eigenvalue weighted by Gasteiger charge is -2.23. The van der Waals surface area contributed by atoms with Crippen LogP contribution in [0.2, 0.25) is 5.02 Å². The van der Waals surface area contributed by atoms with Gasteiger partial charge in [-0.05, 0) is 38.9 Å². The summed E-state index contributed by atoms with van der Waals surface area (Å²) in [6.07, 6.45) is 5.36. The van der Waals surface area contributed by atoms with Crippen LogP contribution in [0, 0.1) is 18.6 Å². The third-order valence-electron chi connectivity index (χ3n) is 6.20. The van der Waals surface area contributed by atoms with Crippen molar-refractivity contribution in [3.05, 3.63) is 58.8 Å². The molecule has 1 N–H and O–H groups in total. The molecule has 192 valence electrons. The molecule has 0 amide bonds. The zero-order chi connectivity index (χ0) is 24.5. The Kier molecular flexibility index (Phi) is 8.04. The van der Waals surface area contributed by atoms with Crippen LogP contribution < -0.4 is 10.1 Å². The van der Waals surface area contributed by atoms with Gasteiger partial charge in [0.25, 0.3) is 0 Å². The Balaban J connectivity index is 0.00000304. The summed E-state index contributed by atoms with van der Waals surface area (Å²) in [7, 11) is 1.40. The number of pyridine rings is 2. The molecule has 1 fully saturated rings. The maximum Gasteiger partial charge on any atom is 0.150 e. The number of fused-ring (bicyclic) bond motifs is 1. The van der Waals surface area contributed by atoms with Crippen LogP contribution in [0.1, 0.15) is 36.4 Å². The highest BCUT2D eigenvalue weighted by molar-refractivity contribution is 6.34. The summed E-state index contributed by atoms with van der Waals surface area (Å²) < 4.78 is 42.6. The summed E-state index contributed by atoms with van der Waals surface area (Å²) in [4.78, 5) is 3.83. The summed E-state index contributed by atoms with van der Waals surface area (Å²) in [5, 5.41) is 16.9. The van der Waals surface area contributed by atoms with Crippen LogP contribution >= 0.6 is 24.0 Å². The lowest BCUT2D eigenvalue weighted by atomic mass is 10.1. The smallest absolute Gasteiger partial charge is 0.150 e. The molecule has 1 atom stereocenters. The maximum atomic E-state index is 14.3. The highest BCUT2D eigenvalue weighted by atomic mass is 35.5. The van der Waals surface area contributed by atoms with E-state index >= 15 is 0 Å². The normalized spacial score (nSPS) is 15.1. The largest absolute Gasteiger partial charge is 0.488 e. The van der Waals surface area contributed by atoms with Gasteiger partial charge in [-0.25, -0.2) is 18.0 Å². The minimum Gasteiger partial charge on any atom is -0.488 e. The molecule has 0 aliphatic carbocycles. The summed E-state index contributed by atoms with van der Waals surface area (Å²) in [6, 6.07) is 2.85. The van der Waals surface area contributed by atoms with E-state index in [0.29, 0.717) is 22.0 Å². The SMILES string of the molecule is COC(COc1cc(-c2nnn(C3CCNCC3)c2C)cn2ncc(Cl)c12)c1ncc(F)cc1F.Cl. The second-order valence-electron chi connectivity index (χ2n) is 8.38. The van der Waals surface area contributed by atoms with E-state index < -0.39 is 17.7 Å². The van der Waals surface area contributed by atoms with E-state index in [1.54, 1.807) is 10.6 Å². The number of rotatable bonds is 7. The first kappa shape index (κ1) is 26.2. The molecule has 0 radical (unpaired) electrons. The number of piperidine rings is 1. The highest BCUT2D eigenvalue weighted by Gasteiger charge is 2.23. The monoisotopic (exact) mass is 539 g/mol. The van der Waals surface area contributed by atoms with Gasteiger partial charge in [0.1, 0.15) is 47.0 Å². The number of nitrogens with zero attached hydrogens (tertiary/aromatic N) is 6. The van der Waals surface area contributed by atoms with Crippen LogP contribution in [0.25, 0.3) is 16.8 Å². The van der Waals surface area contributed by atoms with E-state index in [4.69, 9.17) is 21.1 Å². The fraction of sp³-hybridized carbons (Fsp3) is 0.391. The number of halogens is 4. The van der Waals surface area contributed by atoms with Gasteiger partial charge in [-0.3, -0.25) is 4.98 Å². The van der Waals surface area contributed by atoms with Gasteiger partial charge >= 0.3 is 0 Å². The molecule has 5 rings (SSSR count). The maximum absolute atomic E-state index is 14.3. The van der Waals surface area contributed by atoms with Crippen molar-refractivity contribution in [3.63, 3.8) is 0 Å². The van der Waals surface area contributed by atoms with E-state index in [1.165, 1.54) is 13.3 Å². The zero-order valence-corrected chi connectivity index (χ0v) is 21.2. The fourth-order valence-electron chi connectivity index (χ4n) is 4.38.